The van der Waals surface area contributed by atoms with E-state index in [1.807, 2.05) is 0 Å². The molecule has 4 nitrogen and oxygen atoms in total. The summed E-state index contributed by atoms with van der Waals surface area (Å²) in [4.78, 5) is 0.497. The van der Waals surface area contributed by atoms with Gasteiger partial charge in [0, 0.05) is 18.7 Å². The van der Waals surface area contributed by atoms with Crippen LogP contribution in [0.15, 0.2) is 29.2 Å². The zero-order valence-corrected chi connectivity index (χ0v) is 13.9. The van der Waals surface area contributed by atoms with Crippen molar-refractivity contribution in [2.24, 2.45) is 11.7 Å². The SMILES string of the molecule is CCC1CCCN(S(=O)(=O)c2cccc(C(N)=S)c2)CC1. The fourth-order valence-corrected chi connectivity index (χ4v) is 4.41. The first-order valence-corrected chi connectivity index (χ1v) is 9.20. The minimum absolute atomic E-state index is 0.217. The summed E-state index contributed by atoms with van der Waals surface area (Å²) < 4.78 is 27.1. The second-order valence-electron chi connectivity index (χ2n) is 5.50. The first kappa shape index (κ1) is 16.4. The van der Waals surface area contributed by atoms with Crippen LogP contribution >= 0.6 is 12.2 Å². The monoisotopic (exact) mass is 326 g/mol. The molecule has 1 aromatic rings. The van der Waals surface area contributed by atoms with Crippen molar-refractivity contribution in [2.45, 2.75) is 37.5 Å². The van der Waals surface area contributed by atoms with Gasteiger partial charge in [0.25, 0.3) is 0 Å². The van der Waals surface area contributed by atoms with Crippen LogP contribution in [0.1, 0.15) is 38.2 Å². The molecule has 1 heterocycles. The third kappa shape index (κ3) is 3.81. The molecule has 0 saturated carbocycles. The van der Waals surface area contributed by atoms with E-state index in [-0.39, 0.29) is 9.88 Å². The fraction of sp³-hybridized carbons (Fsp3) is 0.533. The molecule has 116 valence electrons. The minimum atomic E-state index is -3.45. The van der Waals surface area contributed by atoms with Gasteiger partial charge in [0.2, 0.25) is 10.0 Å². The molecule has 1 unspecified atom stereocenters. The number of benzene rings is 1. The largest absolute Gasteiger partial charge is 0.389 e. The van der Waals surface area contributed by atoms with Crippen LogP contribution in [0.5, 0.6) is 0 Å². The lowest BCUT2D eigenvalue weighted by molar-refractivity contribution is 0.407. The van der Waals surface area contributed by atoms with Crippen molar-refractivity contribution >= 4 is 27.2 Å². The number of hydrogen-bond acceptors (Lipinski definition) is 3. The van der Waals surface area contributed by atoms with Crippen LogP contribution < -0.4 is 5.73 Å². The van der Waals surface area contributed by atoms with Gasteiger partial charge < -0.3 is 5.73 Å². The van der Waals surface area contributed by atoms with Gasteiger partial charge in [0.15, 0.2) is 0 Å². The predicted octanol–water partition coefficient (Wildman–Crippen LogP) is 2.52. The lowest BCUT2D eigenvalue weighted by Crippen LogP contribution is -2.32. The third-order valence-corrected chi connectivity index (χ3v) is 6.27. The summed E-state index contributed by atoms with van der Waals surface area (Å²) in [6.07, 6.45) is 4.08. The topological polar surface area (TPSA) is 63.4 Å². The molecule has 1 aromatic carbocycles. The number of hydrogen-bond donors (Lipinski definition) is 1. The van der Waals surface area contributed by atoms with E-state index < -0.39 is 10.0 Å². The molecular formula is C15H22N2O2S2. The summed E-state index contributed by atoms with van der Waals surface area (Å²) >= 11 is 4.92. The summed E-state index contributed by atoms with van der Waals surface area (Å²) in [7, 11) is -3.45. The van der Waals surface area contributed by atoms with E-state index in [1.165, 1.54) is 0 Å². The first-order chi connectivity index (χ1) is 9.95. The molecule has 1 aliphatic rings. The van der Waals surface area contributed by atoms with Crippen molar-refractivity contribution < 1.29 is 8.42 Å². The van der Waals surface area contributed by atoms with Crippen LogP contribution in [0.3, 0.4) is 0 Å². The Labute approximate surface area is 132 Å². The van der Waals surface area contributed by atoms with Gasteiger partial charge >= 0.3 is 0 Å². The molecule has 0 aliphatic carbocycles. The van der Waals surface area contributed by atoms with Gasteiger partial charge in [-0.15, -0.1) is 0 Å². The average molecular weight is 326 g/mol. The summed E-state index contributed by atoms with van der Waals surface area (Å²) in [5.74, 6) is 0.633. The van der Waals surface area contributed by atoms with E-state index >= 15 is 0 Å². The van der Waals surface area contributed by atoms with Crippen LogP contribution in [0.25, 0.3) is 0 Å². The highest BCUT2D eigenvalue weighted by Gasteiger charge is 2.27. The maximum absolute atomic E-state index is 12.8. The summed E-state index contributed by atoms with van der Waals surface area (Å²) in [5.41, 5.74) is 6.18. The maximum Gasteiger partial charge on any atom is 0.243 e. The molecule has 0 radical (unpaired) electrons. The lowest BCUT2D eigenvalue weighted by atomic mass is 9.98. The molecule has 1 fully saturated rings. The molecule has 6 heteroatoms. The van der Waals surface area contributed by atoms with E-state index in [4.69, 9.17) is 18.0 Å². The highest BCUT2D eigenvalue weighted by atomic mass is 32.2. The van der Waals surface area contributed by atoms with Gasteiger partial charge in [-0.1, -0.05) is 37.7 Å². The number of nitrogens with two attached hydrogens (primary N) is 1. The Balaban J connectivity index is 2.25. The normalized spacial score (nSPS) is 20.9. The maximum atomic E-state index is 12.8. The number of sulfonamides is 1. The second kappa shape index (κ2) is 6.85. The Kier molecular flexibility index (Phi) is 5.35. The van der Waals surface area contributed by atoms with Crippen molar-refractivity contribution in [3.8, 4) is 0 Å². The predicted molar refractivity (Wildman–Crippen MR) is 88.7 cm³/mol. The molecule has 2 rings (SSSR count). The number of thiocarbonyl (C=S) groups is 1. The molecule has 1 atom stereocenters. The highest BCUT2D eigenvalue weighted by Crippen LogP contribution is 2.25. The van der Waals surface area contributed by atoms with E-state index in [0.717, 1.165) is 25.7 Å². The minimum Gasteiger partial charge on any atom is -0.389 e. The van der Waals surface area contributed by atoms with Crippen LogP contribution in [0, 0.1) is 5.92 Å². The van der Waals surface area contributed by atoms with E-state index in [2.05, 4.69) is 6.92 Å². The standard InChI is InChI=1S/C15H22N2O2S2/c1-2-12-5-4-9-17(10-8-12)21(18,19)14-7-3-6-13(11-14)15(16)20/h3,6-7,11-12H,2,4-5,8-10H2,1H3,(H2,16,20). The summed E-state index contributed by atoms with van der Waals surface area (Å²) in [6.45, 7) is 3.36. The lowest BCUT2D eigenvalue weighted by Gasteiger charge is -2.20. The van der Waals surface area contributed by atoms with Crippen molar-refractivity contribution in [3.63, 3.8) is 0 Å². The van der Waals surface area contributed by atoms with E-state index in [9.17, 15) is 8.42 Å². The fourth-order valence-electron chi connectivity index (χ4n) is 2.75. The Hall–Kier alpha value is -0.980. The molecule has 0 aromatic heterocycles. The van der Waals surface area contributed by atoms with E-state index in [0.29, 0.717) is 24.6 Å². The zero-order chi connectivity index (χ0) is 15.5. The van der Waals surface area contributed by atoms with Crippen molar-refractivity contribution in [1.82, 2.24) is 4.31 Å². The van der Waals surface area contributed by atoms with Crippen molar-refractivity contribution in [3.05, 3.63) is 29.8 Å². The zero-order valence-electron chi connectivity index (χ0n) is 12.3. The second-order valence-corrected chi connectivity index (χ2v) is 7.88. The quantitative estimate of drug-likeness (QED) is 0.864. The van der Waals surface area contributed by atoms with Crippen molar-refractivity contribution in [2.75, 3.05) is 13.1 Å². The third-order valence-electron chi connectivity index (χ3n) is 4.14. The molecule has 21 heavy (non-hydrogen) atoms. The van der Waals surface area contributed by atoms with E-state index in [1.54, 1.807) is 28.6 Å². The smallest absolute Gasteiger partial charge is 0.243 e. The molecule has 1 aliphatic heterocycles. The Bertz CT molecular complexity index is 614. The van der Waals surface area contributed by atoms with Gasteiger partial charge in [-0.05, 0) is 37.3 Å². The molecule has 2 N–H and O–H groups in total. The van der Waals surface area contributed by atoms with Crippen molar-refractivity contribution in [1.29, 1.82) is 0 Å². The van der Waals surface area contributed by atoms with Gasteiger partial charge in [0.1, 0.15) is 4.99 Å². The summed E-state index contributed by atoms with van der Waals surface area (Å²) in [6, 6.07) is 6.60. The van der Waals surface area contributed by atoms with Crippen LogP contribution in [0.4, 0.5) is 0 Å². The highest BCUT2D eigenvalue weighted by molar-refractivity contribution is 7.89. The molecule has 0 spiro atoms. The van der Waals surface area contributed by atoms with Gasteiger partial charge in [-0.25, -0.2) is 8.42 Å². The Morgan fingerprint density at radius 3 is 2.81 bits per heavy atom. The summed E-state index contributed by atoms with van der Waals surface area (Å²) in [5, 5.41) is 0. The van der Waals surface area contributed by atoms with Crippen LogP contribution in [0.2, 0.25) is 0 Å². The molecular weight excluding hydrogens is 304 g/mol. The molecule has 0 amide bonds. The number of rotatable bonds is 4. The number of nitrogens with zero attached hydrogens (tertiary/aromatic N) is 1. The van der Waals surface area contributed by atoms with Gasteiger partial charge in [0.05, 0.1) is 4.90 Å². The average Bonchev–Trinajstić information content (AvgIpc) is 2.73. The Morgan fingerprint density at radius 2 is 2.14 bits per heavy atom. The Morgan fingerprint density at radius 1 is 1.38 bits per heavy atom. The van der Waals surface area contributed by atoms with Crippen LogP contribution in [-0.4, -0.2) is 30.8 Å². The van der Waals surface area contributed by atoms with Crippen LogP contribution in [-0.2, 0) is 10.0 Å². The first-order valence-electron chi connectivity index (χ1n) is 7.35. The van der Waals surface area contributed by atoms with Gasteiger partial charge in [-0.3, -0.25) is 0 Å². The molecule has 0 bridgehead atoms. The molecule has 1 saturated heterocycles. The van der Waals surface area contributed by atoms with Gasteiger partial charge in [-0.2, -0.15) is 4.31 Å².